The molecule has 2 fully saturated rings. The van der Waals surface area contributed by atoms with E-state index in [0.29, 0.717) is 19.4 Å². The number of benzene rings is 1. The predicted octanol–water partition coefficient (Wildman–Crippen LogP) is 2.28. The lowest BCUT2D eigenvalue weighted by atomic mass is 9.85. The Balaban J connectivity index is 1.89. The van der Waals surface area contributed by atoms with Crippen LogP contribution in [0.25, 0.3) is 0 Å². The average Bonchev–Trinajstić information content (AvgIpc) is 3.01. The molecular weight excluding hydrogens is 342 g/mol. The van der Waals surface area contributed by atoms with Crippen LogP contribution in [0.15, 0.2) is 29.2 Å². The van der Waals surface area contributed by atoms with Crippen LogP contribution in [0.2, 0.25) is 0 Å². The van der Waals surface area contributed by atoms with E-state index in [9.17, 15) is 18.3 Å². The van der Waals surface area contributed by atoms with Crippen LogP contribution in [-0.4, -0.2) is 49.6 Å². The number of hydrogen-bond acceptors (Lipinski definition) is 4. The number of ether oxygens (including phenoxy) is 1. The number of nitrogens with zero attached hydrogens (tertiary/aromatic N) is 1. The van der Waals surface area contributed by atoms with Crippen LogP contribution in [0.5, 0.6) is 0 Å². The number of methoxy groups -OCH3 is 1. The van der Waals surface area contributed by atoms with Crippen molar-refractivity contribution in [1.29, 1.82) is 0 Å². The van der Waals surface area contributed by atoms with Crippen LogP contribution in [0.1, 0.15) is 37.7 Å². The first-order valence-electron chi connectivity index (χ1n) is 8.79. The maximum absolute atomic E-state index is 13.2. The van der Waals surface area contributed by atoms with Crippen LogP contribution < -0.4 is 0 Å². The van der Waals surface area contributed by atoms with E-state index >= 15 is 0 Å². The first kappa shape index (κ1) is 18.4. The topological polar surface area (TPSA) is 83.9 Å². The zero-order valence-electron chi connectivity index (χ0n) is 14.4. The molecule has 0 radical (unpaired) electrons. The minimum absolute atomic E-state index is 0.158. The molecule has 0 amide bonds. The van der Waals surface area contributed by atoms with E-state index in [1.54, 1.807) is 31.4 Å². The van der Waals surface area contributed by atoms with Crippen molar-refractivity contribution in [2.75, 3.05) is 13.7 Å². The Bertz CT molecular complexity index is 715. The number of aliphatic carboxylic acids is 1. The molecule has 6 nitrogen and oxygen atoms in total. The lowest BCUT2D eigenvalue weighted by Gasteiger charge is -2.32. The van der Waals surface area contributed by atoms with Gasteiger partial charge >= 0.3 is 5.97 Å². The van der Waals surface area contributed by atoms with E-state index in [1.165, 1.54) is 4.31 Å². The summed E-state index contributed by atoms with van der Waals surface area (Å²) in [7, 11) is -2.20. The minimum atomic E-state index is -3.82. The van der Waals surface area contributed by atoms with Crippen LogP contribution in [0.3, 0.4) is 0 Å². The zero-order chi connectivity index (χ0) is 18.0. The normalized spacial score (nSPS) is 27.2. The first-order chi connectivity index (χ1) is 11.9. The molecule has 7 heteroatoms. The SMILES string of the molecule is COCCc1ccc(S(=O)(=O)N2C(C(=O)O)CC3CCCCC32)cc1. The van der Waals surface area contributed by atoms with Crippen molar-refractivity contribution in [3.8, 4) is 0 Å². The molecule has 3 atom stereocenters. The molecule has 2 aliphatic rings. The third-order valence-corrected chi connectivity index (χ3v) is 7.36. The number of fused-ring (bicyclic) bond motifs is 1. The van der Waals surface area contributed by atoms with Gasteiger partial charge in [-0.25, -0.2) is 8.42 Å². The van der Waals surface area contributed by atoms with E-state index < -0.39 is 22.0 Å². The molecule has 1 aromatic carbocycles. The fraction of sp³-hybridized carbons (Fsp3) is 0.611. The second-order valence-corrected chi connectivity index (χ2v) is 8.77. The van der Waals surface area contributed by atoms with Gasteiger partial charge in [0.05, 0.1) is 11.5 Å². The fourth-order valence-corrected chi connectivity index (χ4v) is 6.01. The highest BCUT2D eigenvalue weighted by Crippen LogP contribution is 2.42. The molecular formula is C18H25NO5S. The second-order valence-electron chi connectivity index (χ2n) is 6.92. The summed E-state index contributed by atoms with van der Waals surface area (Å²) in [5, 5.41) is 9.56. The second kappa shape index (κ2) is 7.43. The lowest BCUT2D eigenvalue weighted by molar-refractivity contribution is -0.141. The van der Waals surface area contributed by atoms with Gasteiger partial charge < -0.3 is 9.84 Å². The Labute approximate surface area is 148 Å². The number of carbonyl (C=O) groups is 1. The Morgan fingerprint density at radius 1 is 1.24 bits per heavy atom. The highest BCUT2D eigenvalue weighted by Gasteiger charge is 2.51. The van der Waals surface area contributed by atoms with Gasteiger partial charge in [-0.15, -0.1) is 0 Å². The first-order valence-corrected chi connectivity index (χ1v) is 10.2. The highest BCUT2D eigenvalue weighted by molar-refractivity contribution is 7.89. The van der Waals surface area contributed by atoms with Gasteiger partial charge in [0.25, 0.3) is 0 Å². The van der Waals surface area contributed by atoms with Crippen molar-refractivity contribution < 1.29 is 23.1 Å². The third-order valence-electron chi connectivity index (χ3n) is 5.41. The van der Waals surface area contributed by atoms with Crippen LogP contribution in [0.4, 0.5) is 0 Å². The molecule has 0 aromatic heterocycles. The number of carboxylic acid groups (broad SMARTS) is 1. The monoisotopic (exact) mass is 367 g/mol. The van der Waals surface area contributed by atoms with Gasteiger partial charge in [-0.1, -0.05) is 25.0 Å². The van der Waals surface area contributed by atoms with Crippen molar-refractivity contribution in [1.82, 2.24) is 4.31 Å². The number of carboxylic acids is 1. The maximum Gasteiger partial charge on any atom is 0.322 e. The van der Waals surface area contributed by atoms with Crippen molar-refractivity contribution >= 4 is 16.0 Å². The summed E-state index contributed by atoms with van der Waals surface area (Å²) in [6, 6.07) is 5.57. The van der Waals surface area contributed by atoms with E-state index in [1.807, 2.05) is 0 Å². The number of sulfonamides is 1. The molecule has 25 heavy (non-hydrogen) atoms. The summed E-state index contributed by atoms with van der Waals surface area (Å²) in [6.45, 7) is 0.572. The largest absolute Gasteiger partial charge is 0.480 e. The molecule has 1 N–H and O–H groups in total. The van der Waals surface area contributed by atoms with E-state index in [0.717, 1.165) is 31.2 Å². The minimum Gasteiger partial charge on any atom is -0.480 e. The maximum atomic E-state index is 13.2. The van der Waals surface area contributed by atoms with Gasteiger partial charge in [0, 0.05) is 13.2 Å². The Hall–Kier alpha value is -1.44. The molecule has 1 saturated heterocycles. The summed E-state index contributed by atoms with van der Waals surface area (Å²) in [5.74, 6) is -0.889. The molecule has 1 aromatic rings. The molecule has 1 aliphatic heterocycles. The lowest BCUT2D eigenvalue weighted by Crippen LogP contribution is -2.46. The molecule has 1 heterocycles. The Morgan fingerprint density at radius 3 is 2.56 bits per heavy atom. The van der Waals surface area contributed by atoms with Gasteiger partial charge in [-0.05, 0) is 49.3 Å². The molecule has 0 spiro atoms. The molecule has 1 saturated carbocycles. The Kier molecular flexibility index (Phi) is 5.46. The average molecular weight is 367 g/mol. The van der Waals surface area contributed by atoms with Crippen LogP contribution in [0, 0.1) is 5.92 Å². The van der Waals surface area contributed by atoms with Gasteiger partial charge in [0.2, 0.25) is 10.0 Å². The van der Waals surface area contributed by atoms with Gasteiger partial charge in [0.15, 0.2) is 0 Å². The van der Waals surface area contributed by atoms with E-state index in [4.69, 9.17) is 4.74 Å². The standard InChI is InChI=1S/C18H25NO5S/c1-24-11-10-13-6-8-15(9-7-13)25(22,23)19-16-5-3-2-4-14(16)12-17(19)18(20)21/h6-9,14,16-17H,2-5,10-12H2,1H3,(H,20,21). The van der Waals surface area contributed by atoms with E-state index in [-0.39, 0.29) is 16.9 Å². The summed E-state index contributed by atoms with van der Waals surface area (Å²) in [6.07, 6.45) is 4.80. The predicted molar refractivity (Wildman–Crippen MR) is 92.8 cm³/mol. The zero-order valence-corrected chi connectivity index (χ0v) is 15.2. The van der Waals surface area contributed by atoms with Crippen molar-refractivity contribution in [2.24, 2.45) is 5.92 Å². The van der Waals surface area contributed by atoms with Crippen LogP contribution in [-0.2, 0) is 26.0 Å². The van der Waals surface area contributed by atoms with Gasteiger partial charge in [-0.3, -0.25) is 4.79 Å². The molecule has 0 bridgehead atoms. The number of hydrogen-bond donors (Lipinski definition) is 1. The smallest absolute Gasteiger partial charge is 0.322 e. The van der Waals surface area contributed by atoms with E-state index in [2.05, 4.69) is 0 Å². The molecule has 1 aliphatic carbocycles. The summed E-state index contributed by atoms with van der Waals surface area (Å²) in [4.78, 5) is 11.9. The third kappa shape index (κ3) is 3.59. The fourth-order valence-electron chi connectivity index (χ4n) is 4.14. The molecule has 138 valence electrons. The summed E-state index contributed by atoms with van der Waals surface area (Å²) >= 11 is 0. The van der Waals surface area contributed by atoms with Crippen molar-refractivity contribution in [2.45, 2.75) is 55.5 Å². The van der Waals surface area contributed by atoms with Crippen molar-refractivity contribution in [3.05, 3.63) is 29.8 Å². The van der Waals surface area contributed by atoms with Gasteiger partial charge in [0.1, 0.15) is 6.04 Å². The molecule has 3 unspecified atom stereocenters. The highest BCUT2D eigenvalue weighted by atomic mass is 32.2. The quantitative estimate of drug-likeness (QED) is 0.834. The van der Waals surface area contributed by atoms with Crippen LogP contribution >= 0.6 is 0 Å². The summed E-state index contributed by atoms with van der Waals surface area (Å²) in [5.41, 5.74) is 0.993. The number of rotatable bonds is 6. The summed E-state index contributed by atoms with van der Waals surface area (Å²) < 4.78 is 32.6. The molecule has 3 rings (SSSR count). The van der Waals surface area contributed by atoms with Crippen molar-refractivity contribution in [3.63, 3.8) is 0 Å². The Morgan fingerprint density at radius 2 is 1.92 bits per heavy atom. The van der Waals surface area contributed by atoms with Gasteiger partial charge in [-0.2, -0.15) is 4.31 Å².